The molecule has 0 aliphatic carbocycles. The minimum absolute atomic E-state index is 0.00467. The zero-order chi connectivity index (χ0) is 47.4. The van der Waals surface area contributed by atoms with Crippen molar-refractivity contribution in [2.24, 2.45) is 11.8 Å². The normalized spacial score (nSPS) is 14.9. The first-order chi connectivity index (χ1) is 31.8. The number of hydrogen-bond acceptors (Lipinski definition) is 7. The summed E-state index contributed by atoms with van der Waals surface area (Å²) in [5.41, 5.74) is 0. The summed E-state index contributed by atoms with van der Waals surface area (Å²) in [5.74, 6) is 1.98. The fraction of sp³-hybridized carbons (Fsp3) is 0.947. The minimum Gasteiger partial charge on any atom is -0.465 e. The van der Waals surface area contributed by atoms with E-state index in [9.17, 15) is 14.4 Å². The number of carbonyl (C=O) groups is 3. The topological polar surface area (TPSA) is 76.1 Å². The third-order valence-electron chi connectivity index (χ3n) is 14.3. The van der Waals surface area contributed by atoms with Crippen LogP contribution in [0.4, 0.5) is 4.79 Å². The van der Waals surface area contributed by atoms with E-state index in [1.807, 2.05) is 0 Å². The number of esters is 2. The lowest BCUT2D eigenvalue weighted by Crippen LogP contribution is -2.50. The SMILES string of the molecule is CCCCCCCSC(=O)N(C(CCCCCCCCC(=O)OCC(CCCC)CCCCCC)CCCCCCCCC(=O)OCC(CCCC)CCCCCC)C1CCN(C)CC1. The molecule has 1 aliphatic heterocycles. The van der Waals surface area contributed by atoms with Crippen molar-refractivity contribution in [3.05, 3.63) is 0 Å². The molecule has 0 bridgehead atoms. The van der Waals surface area contributed by atoms with Gasteiger partial charge in [-0.05, 0) is 103 Å². The summed E-state index contributed by atoms with van der Waals surface area (Å²) in [7, 11) is 2.22. The van der Waals surface area contributed by atoms with Crippen LogP contribution in [0.3, 0.4) is 0 Å². The van der Waals surface area contributed by atoms with E-state index in [0.717, 1.165) is 102 Å². The van der Waals surface area contributed by atoms with Crippen LogP contribution in [-0.4, -0.2) is 78.2 Å². The van der Waals surface area contributed by atoms with Crippen LogP contribution >= 0.6 is 11.8 Å². The Morgan fingerprint density at radius 1 is 0.477 bits per heavy atom. The first kappa shape index (κ1) is 61.7. The van der Waals surface area contributed by atoms with Gasteiger partial charge in [0.15, 0.2) is 0 Å². The molecule has 1 aliphatic rings. The molecule has 384 valence electrons. The Bertz CT molecular complexity index is 1030. The lowest BCUT2D eigenvalue weighted by atomic mass is 9.95. The van der Waals surface area contributed by atoms with Gasteiger partial charge in [-0.1, -0.05) is 213 Å². The first-order valence-electron chi connectivity index (χ1n) is 28.7. The highest BCUT2D eigenvalue weighted by Gasteiger charge is 2.32. The van der Waals surface area contributed by atoms with Crippen molar-refractivity contribution >= 4 is 28.9 Å². The van der Waals surface area contributed by atoms with E-state index in [4.69, 9.17) is 9.47 Å². The number of unbranched alkanes of at least 4 members (excludes halogenated alkanes) is 22. The van der Waals surface area contributed by atoms with Gasteiger partial charge in [-0.25, -0.2) is 0 Å². The minimum atomic E-state index is -0.00467. The predicted molar refractivity (Wildman–Crippen MR) is 282 cm³/mol. The Hall–Kier alpha value is -1.28. The Kier molecular flexibility index (Phi) is 42.9. The molecule has 0 aromatic rings. The average molecular weight is 936 g/mol. The molecule has 0 aromatic carbocycles. The zero-order valence-electron chi connectivity index (χ0n) is 44.3. The van der Waals surface area contributed by atoms with Crippen LogP contribution in [0, 0.1) is 11.8 Å². The largest absolute Gasteiger partial charge is 0.465 e. The van der Waals surface area contributed by atoms with Crippen molar-refractivity contribution < 1.29 is 23.9 Å². The fourth-order valence-corrected chi connectivity index (χ4v) is 10.8. The quantitative estimate of drug-likeness (QED) is 0.0444. The van der Waals surface area contributed by atoms with Gasteiger partial charge in [0.25, 0.3) is 5.24 Å². The second-order valence-corrected chi connectivity index (χ2v) is 21.6. The van der Waals surface area contributed by atoms with Crippen LogP contribution in [0.1, 0.15) is 285 Å². The number of hydrogen-bond donors (Lipinski definition) is 0. The van der Waals surface area contributed by atoms with Crippen LogP contribution in [-0.2, 0) is 19.1 Å². The molecule has 2 atom stereocenters. The monoisotopic (exact) mass is 935 g/mol. The van der Waals surface area contributed by atoms with Gasteiger partial charge in [0.1, 0.15) is 0 Å². The van der Waals surface area contributed by atoms with Crippen LogP contribution in [0.2, 0.25) is 0 Å². The van der Waals surface area contributed by atoms with Gasteiger partial charge in [-0.15, -0.1) is 0 Å². The van der Waals surface area contributed by atoms with Crippen molar-refractivity contribution in [2.75, 3.05) is 39.1 Å². The van der Waals surface area contributed by atoms with Gasteiger partial charge in [0.2, 0.25) is 0 Å². The van der Waals surface area contributed by atoms with E-state index in [1.54, 1.807) is 11.8 Å². The molecule has 1 saturated heterocycles. The summed E-state index contributed by atoms with van der Waals surface area (Å²) in [6.07, 6.45) is 44.9. The number of nitrogens with zero attached hydrogens (tertiary/aromatic N) is 2. The van der Waals surface area contributed by atoms with E-state index < -0.39 is 0 Å². The van der Waals surface area contributed by atoms with Crippen molar-refractivity contribution in [3.8, 4) is 0 Å². The van der Waals surface area contributed by atoms with Crippen LogP contribution in [0.5, 0.6) is 0 Å². The number of piperidine rings is 1. The molecule has 1 rings (SSSR count). The highest BCUT2D eigenvalue weighted by Crippen LogP contribution is 2.29. The van der Waals surface area contributed by atoms with Gasteiger partial charge in [0.05, 0.1) is 13.2 Å². The molecule has 0 radical (unpaired) electrons. The fourth-order valence-electron chi connectivity index (χ4n) is 9.84. The van der Waals surface area contributed by atoms with E-state index >= 15 is 0 Å². The number of rotatable bonds is 46. The summed E-state index contributed by atoms with van der Waals surface area (Å²) in [5, 5.41) is 0.333. The van der Waals surface area contributed by atoms with E-state index in [-0.39, 0.29) is 11.9 Å². The van der Waals surface area contributed by atoms with Crippen molar-refractivity contribution in [1.82, 2.24) is 9.80 Å². The maximum atomic E-state index is 14.2. The maximum absolute atomic E-state index is 14.2. The second kappa shape index (κ2) is 45.2. The molecule has 0 aromatic heterocycles. The Balaban J connectivity index is 2.63. The molecule has 1 heterocycles. The van der Waals surface area contributed by atoms with Gasteiger partial charge >= 0.3 is 11.9 Å². The van der Waals surface area contributed by atoms with E-state index in [2.05, 4.69) is 51.5 Å². The molecule has 65 heavy (non-hydrogen) atoms. The van der Waals surface area contributed by atoms with Crippen LogP contribution < -0.4 is 0 Å². The third kappa shape index (κ3) is 35.5. The number of thioether (sulfide) groups is 1. The summed E-state index contributed by atoms with van der Waals surface area (Å²) >= 11 is 1.60. The second-order valence-electron chi connectivity index (χ2n) is 20.5. The number of likely N-dealkylation sites (tertiary alicyclic amines) is 1. The third-order valence-corrected chi connectivity index (χ3v) is 15.3. The zero-order valence-corrected chi connectivity index (χ0v) is 45.1. The lowest BCUT2D eigenvalue weighted by molar-refractivity contribution is -0.146. The summed E-state index contributed by atoms with van der Waals surface area (Å²) in [4.78, 5) is 44.3. The molecule has 0 N–H and O–H groups in total. The molecular weight excluding hydrogens is 825 g/mol. The molecule has 8 heteroatoms. The first-order valence-corrected chi connectivity index (χ1v) is 29.7. The van der Waals surface area contributed by atoms with Gasteiger partial charge in [-0.3, -0.25) is 14.4 Å². The lowest BCUT2D eigenvalue weighted by Gasteiger charge is -2.42. The molecule has 1 fully saturated rings. The molecule has 0 spiro atoms. The summed E-state index contributed by atoms with van der Waals surface area (Å²) < 4.78 is 11.6. The number of ether oxygens (including phenoxy) is 2. The highest BCUT2D eigenvalue weighted by atomic mass is 32.2. The van der Waals surface area contributed by atoms with Crippen LogP contribution in [0.25, 0.3) is 0 Å². The standard InChI is InChI=1S/C57H110N2O5S/c1-7-12-17-28-35-48-65-57(62)59(54-44-46-58(6)47-45-54)53(40-31-24-20-22-26-33-42-55(60)63-49-51(36-15-10-4)38-29-18-13-8-2)41-32-25-21-23-27-34-43-56(61)64-50-52(37-16-11-5)39-30-19-14-9-3/h51-54H,7-50H2,1-6H3. The van der Waals surface area contributed by atoms with Gasteiger partial charge < -0.3 is 19.3 Å². The van der Waals surface area contributed by atoms with Crippen molar-refractivity contribution in [3.63, 3.8) is 0 Å². The Labute approximate surface area is 409 Å². The Morgan fingerprint density at radius 3 is 1.28 bits per heavy atom. The van der Waals surface area contributed by atoms with Crippen molar-refractivity contribution in [1.29, 1.82) is 0 Å². The summed E-state index contributed by atoms with van der Waals surface area (Å²) in [6, 6.07) is 0.662. The molecule has 1 amide bonds. The number of amides is 1. The van der Waals surface area contributed by atoms with E-state index in [0.29, 0.717) is 55.2 Å². The average Bonchev–Trinajstić information content (AvgIpc) is 3.31. The molecule has 2 unspecified atom stereocenters. The Morgan fingerprint density at radius 2 is 0.831 bits per heavy atom. The molecule has 7 nitrogen and oxygen atoms in total. The smallest absolute Gasteiger partial charge is 0.305 e. The molecule has 0 saturated carbocycles. The molecular formula is C57H110N2O5S. The maximum Gasteiger partial charge on any atom is 0.305 e. The predicted octanol–water partition coefficient (Wildman–Crippen LogP) is 17.5. The van der Waals surface area contributed by atoms with Crippen LogP contribution in [0.15, 0.2) is 0 Å². The van der Waals surface area contributed by atoms with Gasteiger partial charge in [0, 0.05) is 30.7 Å². The number of carbonyl (C=O) groups excluding carboxylic acids is 3. The summed E-state index contributed by atoms with van der Waals surface area (Å²) in [6.45, 7) is 14.6. The van der Waals surface area contributed by atoms with E-state index in [1.165, 1.54) is 154 Å². The van der Waals surface area contributed by atoms with Crippen molar-refractivity contribution in [2.45, 2.75) is 297 Å². The van der Waals surface area contributed by atoms with Gasteiger partial charge in [-0.2, -0.15) is 0 Å². The highest BCUT2D eigenvalue weighted by molar-refractivity contribution is 8.13.